The average molecular weight is 305 g/mol. The minimum Gasteiger partial charge on any atom is -0.481 e. The molecule has 7 heteroatoms. The normalized spacial score (nSPS) is 11.7. The number of amides is 3. The Kier molecular flexibility index (Phi) is 4.45. The number of benzene rings is 1. The first-order valence-electron chi connectivity index (χ1n) is 4.62. The molecule has 0 saturated carbocycles. The van der Waals surface area contributed by atoms with E-state index in [4.69, 9.17) is 10.5 Å². The Hall–Kier alpha value is -1.63. The van der Waals surface area contributed by atoms with Crippen molar-refractivity contribution in [3.63, 3.8) is 0 Å². The van der Waals surface area contributed by atoms with Crippen molar-refractivity contribution < 1.29 is 18.7 Å². The van der Waals surface area contributed by atoms with Crippen LogP contribution in [-0.4, -0.2) is 18.0 Å². The maximum absolute atomic E-state index is 13.1. The number of nitrogens with one attached hydrogen (secondary N) is 1. The van der Waals surface area contributed by atoms with Crippen LogP contribution in [0.1, 0.15) is 6.92 Å². The summed E-state index contributed by atoms with van der Waals surface area (Å²) in [6.45, 7) is 1.41. The highest BCUT2D eigenvalue weighted by Crippen LogP contribution is 2.21. The number of rotatable bonds is 3. The Morgan fingerprint density at radius 2 is 2.18 bits per heavy atom. The summed E-state index contributed by atoms with van der Waals surface area (Å²) in [5.74, 6) is -1.02. The Labute approximate surface area is 105 Å². The number of hydrogen-bond acceptors (Lipinski definition) is 3. The molecule has 0 spiro atoms. The largest absolute Gasteiger partial charge is 0.481 e. The molecule has 1 atom stereocenters. The van der Waals surface area contributed by atoms with Crippen molar-refractivity contribution in [2.45, 2.75) is 13.0 Å². The molecule has 92 valence electrons. The van der Waals surface area contributed by atoms with E-state index < -0.39 is 23.9 Å². The van der Waals surface area contributed by atoms with Gasteiger partial charge in [0.05, 0.1) is 4.47 Å². The molecule has 0 fully saturated rings. The van der Waals surface area contributed by atoms with Crippen LogP contribution in [0.2, 0.25) is 0 Å². The van der Waals surface area contributed by atoms with Gasteiger partial charge in [0.1, 0.15) is 11.6 Å². The van der Waals surface area contributed by atoms with Crippen molar-refractivity contribution in [1.29, 1.82) is 0 Å². The van der Waals surface area contributed by atoms with E-state index in [9.17, 15) is 14.0 Å². The standard InChI is InChI=1S/C10H10BrFN2O3/c1-5(9(15)14-10(13)16)17-6-2-3-7(11)8(12)4-6/h2-5H,1H3,(H3,13,14,15,16). The molecular formula is C10H10BrFN2O3. The molecule has 3 N–H and O–H groups in total. The van der Waals surface area contributed by atoms with Crippen LogP contribution in [0.3, 0.4) is 0 Å². The van der Waals surface area contributed by atoms with Gasteiger partial charge < -0.3 is 10.5 Å². The van der Waals surface area contributed by atoms with Crippen LogP contribution < -0.4 is 15.8 Å². The predicted molar refractivity (Wildman–Crippen MR) is 61.9 cm³/mol. The van der Waals surface area contributed by atoms with Crippen molar-refractivity contribution in [2.24, 2.45) is 5.73 Å². The van der Waals surface area contributed by atoms with Crippen LogP contribution in [0.4, 0.5) is 9.18 Å². The van der Waals surface area contributed by atoms with Gasteiger partial charge in [0.25, 0.3) is 5.91 Å². The number of hydrogen-bond donors (Lipinski definition) is 2. The highest BCUT2D eigenvalue weighted by molar-refractivity contribution is 9.10. The van der Waals surface area contributed by atoms with E-state index >= 15 is 0 Å². The zero-order valence-corrected chi connectivity index (χ0v) is 10.5. The van der Waals surface area contributed by atoms with Crippen LogP contribution in [0.25, 0.3) is 0 Å². The van der Waals surface area contributed by atoms with Crippen molar-refractivity contribution in [2.75, 3.05) is 0 Å². The van der Waals surface area contributed by atoms with Gasteiger partial charge in [-0.1, -0.05) is 0 Å². The second kappa shape index (κ2) is 5.62. The molecule has 0 aliphatic heterocycles. The second-order valence-corrected chi connectivity index (χ2v) is 4.04. The zero-order chi connectivity index (χ0) is 13.0. The zero-order valence-electron chi connectivity index (χ0n) is 8.87. The van der Waals surface area contributed by atoms with Crippen molar-refractivity contribution in [3.8, 4) is 5.75 Å². The summed E-state index contributed by atoms with van der Waals surface area (Å²) < 4.78 is 18.6. The third kappa shape index (κ3) is 4.03. The molecule has 0 aliphatic carbocycles. The van der Waals surface area contributed by atoms with Gasteiger partial charge in [0.15, 0.2) is 6.10 Å². The molecular weight excluding hydrogens is 295 g/mol. The summed E-state index contributed by atoms with van der Waals surface area (Å²) in [6.07, 6.45) is -0.955. The lowest BCUT2D eigenvalue weighted by molar-refractivity contribution is -0.126. The third-order valence-electron chi connectivity index (χ3n) is 1.82. The van der Waals surface area contributed by atoms with E-state index in [-0.39, 0.29) is 5.75 Å². The second-order valence-electron chi connectivity index (χ2n) is 3.19. The fourth-order valence-corrected chi connectivity index (χ4v) is 1.28. The fourth-order valence-electron chi connectivity index (χ4n) is 1.03. The molecule has 0 radical (unpaired) electrons. The first-order valence-corrected chi connectivity index (χ1v) is 5.41. The highest BCUT2D eigenvalue weighted by Gasteiger charge is 2.16. The quantitative estimate of drug-likeness (QED) is 0.889. The summed E-state index contributed by atoms with van der Waals surface area (Å²) >= 11 is 2.99. The fraction of sp³-hybridized carbons (Fsp3) is 0.200. The van der Waals surface area contributed by atoms with E-state index in [0.29, 0.717) is 4.47 Å². The Morgan fingerprint density at radius 1 is 1.53 bits per heavy atom. The molecule has 0 saturated heterocycles. The van der Waals surface area contributed by atoms with Gasteiger partial charge >= 0.3 is 6.03 Å². The SMILES string of the molecule is CC(Oc1ccc(Br)c(F)c1)C(=O)NC(N)=O. The number of imide groups is 1. The topological polar surface area (TPSA) is 81.4 Å². The van der Waals surface area contributed by atoms with Crippen LogP contribution in [0.15, 0.2) is 22.7 Å². The van der Waals surface area contributed by atoms with Crippen molar-refractivity contribution in [3.05, 3.63) is 28.5 Å². The van der Waals surface area contributed by atoms with Gasteiger partial charge in [-0.05, 0) is 35.0 Å². The lowest BCUT2D eigenvalue weighted by Gasteiger charge is -2.13. The van der Waals surface area contributed by atoms with E-state index in [1.807, 2.05) is 5.32 Å². The number of carbonyl (C=O) groups is 2. The summed E-state index contributed by atoms with van der Waals surface area (Å²) in [7, 11) is 0. The van der Waals surface area contributed by atoms with Crippen LogP contribution >= 0.6 is 15.9 Å². The minimum atomic E-state index is -0.965. The molecule has 1 unspecified atom stereocenters. The maximum Gasteiger partial charge on any atom is 0.318 e. The molecule has 5 nitrogen and oxygen atoms in total. The number of halogens is 2. The molecule has 0 aliphatic rings. The number of nitrogens with two attached hydrogens (primary N) is 1. The summed E-state index contributed by atoms with van der Waals surface area (Å²) in [4.78, 5) is 21.7. The van der Waals surface area contributed by atoms with E-state index in [1.165, 1.54) is 19.1 Å². The van der Waals surface area contributed by atoms with Crippen LogP contribution in [0.5, 0.6) is 5.75 Å². The summed E-state index contributed by atoms with van der Waals surface area (Å²) in [5, 5.41) is 1.86. The predicted octanol–water partition coefficient (Wildman–Crippen LogP) is 1.55. The number of carbonyl (C=O) groups excluding carboxylic acids is 2. The number of primary amides is 1. The Balaban J connectivity index is 2.67. The third-order valence-corrected chi connectivity index (χ3v) is 2.46. The first kappa shape index (κ1) is 13.4. The van der Waals surface area contributed by atoms with Crippen LogP contribution in [0, 0.1) is 5.82 Å². The van der Waals surface area contributed by atoms with Gasteiger partial charge in [0, 0.05) is 6.07 Å². The molecule has 1 aromatic rings. The van der Waals surface area contributed by atoms with E-state index in [0.717, 1.165) is 6.07 Å². The van der Waals surface area contributed by atoms with Gasteiger partial charge in [-0.2, -0.15) is 0 Å². The van der Waals surface area contributed by atoms with Gasteiger partial charge in [-0.15, -0.1) is 0 Å². The van der Waals surface area contributed by atoms with E-state index in [1.54, 1.807) is 0 Å². The summed E-state index contributed by atoms with van der Waals surface area (Å²) in [6, 6.07) is 3.09. The highest BCUT2D eigenvalue weighted by atomic mass is 79.9. The number of ether oxygens (including phenoxy) is 1. The Morgan fingerprint density at radius 3 is 2.71 bits per heavy atom. The molecule has 0 heterocycles. The van der Waals surface area contributed by atoms with Crippen molar-refractivity contribution in [1.82, 2.24) is 5.32 Å². The summed E-state index contributed by atoms with van der Waals surface area (Å²) in [5.41, 5.74) is 4.78. The maximum atomic E-state index is 13.1. The Bertz CT molecular complexity index is 453. The minimum absolute atomic E-state index is 0.179. The van der Waals surface area contributed by atoms with Crippen molar-refractivity contribution >= 4 is 27.9 Å². The molecule has 1 rings (SSSR count). The molecule has 3 amide bonds. The van der Waals surface area contributed by atoms with E-state index in [2.05, 4.69) is 15.9 Å². The average Bonchev–Trinajstić information content (AvgIpc) is 2.22. The van der Waals surface area contributed by atoms with Gasteiger partial charge in [0.2, 0.25) is 0 Å². The lowest BCUT2D eigenvalue weighted by atomic mass is 10.3. The lowest BCUT2D eigenvalue weighted by Crippen LogP contribution is -2.42. The van der Waals surface area contributed by atoms with Gasteiger partial charge in [-0.25, -0.2) is 9.18 Å². The molecule has 1 aromatic carbocycles. The molecule has 0 aromatic heterocycles. The molecule has 17 heavy (non-hydrogen) atoms. The molecule has 0 bridgehead atoms. The van der Waals surface area contributed by atoms with Crippen LogP contribution in [-0.2, 0) is 4.79 Å². The smallest absolute Gasteiger partial charge is 0.318 e. The number of urea groups is 1. The monoisotopic (exact) mass is 304 g/mol. The first-order chi connectivity index (χ1) is 7.90. The van der Waals surface area contributed by atoms with Gasteiger partial charge in [-0.3, -0.25) is 10.1 Å².